The van der Waals surface area contributed by atoms with Crippen LogP contribution in [-0.2, 0) is 26.3 Å². The van der Waals surface area contributed by atoms with Crippen LogP contribution in [0.15, 0.2) is 115 Å². The molecule has 0 aliphatic carbocycles. The van der Waals surface area contributed by atoms with Crippen LogP contribution in [0.3, 0.4) is 0 Å². The Balaban J connectivity index is 0.000000213. The summed E-state index contributed by atoms with van der Waals surface area (Å²) in [7, 11) is 11.0. The quantitative estimate of drug-likeness (QED) is 0.122. The number of rotatable bonds is 4. The minimum absolute atomic E-state index is 0.204. The van der Waals surface area contributed by atoms with Gasteiger partial charge in [0.2, 0.25) is 0 Å². The van der Waals surface area contributed by atoms with Crippen molar-refractivity contribution in [3.05, 3.63) is 154 Å². The Morgan fingerprint density at radius 3 is 1.57 bits per heavy atom. The Morgan fingerprint density at radius 2 is 1.06 bits per heavy atom. The summed E-state index contributed by atoms with van der Waals surface area (Å²) in [5, 5.41) is 5.39. The van der Waals surface area contributed by atoms with Crippen molar-refractivity contribution in [2.45, 2.75) is 93.7 Å². The van der Waals surface area contributed by atoms with Gasteiger partial charge in [0.25, 0.3) is 0 Å². The summed E-state index contributed by atoms with van der Waals surface area (Å²) in [5.74, 6) is 0.573. The molecule has 4 heteroatoms. The van der Waals surface area contributed by atoms with E-state index in [2.05, 4.69) is 198 Å². The molecular formula is C50H56Cl2SiZr. The fraction of sp³-hybridized carbons (Fsp3) is 0.280. The van der Waals surface area contributed by atoms with E-state index in [4.69, 9.17) is 17.0 Å². The second kappa shape index (κ2) is 19.7. The molecule has 0 aromatic heterocycles. The Bertz CT molecular complexity index is 2240. The third kappa shape index (κ3) is 11.5. The molecule has 0 atom stereocenters. The van der Waals surface area contributed by atoms with E-state index in [1.54, 1.807) is 0 Å². The number of aryl methyl sites for hydroxylation is 5. The van der Waals surface area contributed by atoms with Crippen LogP contribution < -0.4 is 0 Å². The Morgan fingerprint density at radius 1 is 0.556 bits per heavy atom. The zero-order chi connectivity index (χ0) is 39.7. The third-order valence-electron chi connectivity index (χ3n) is 9.56. The molecule has 0 bridgehead atoms. The van der Waals surface area contributed by atoms with Crippen LogP contribution in [0.2, 0.25) is 13.1 Å². The Hall–Kier alpha value is -3.00. The second-order valence-electron chi connectivity index (χ2n) is 16.0. The number of hydrogen-bond acceptors (Lipinski definition) is 0. The predicted octanol–water partition coefficient (Wildman–Crippen LogP) is 16.2. The molecule has 0 saturated carbocycles. The molecule has 7 aromatic rings. The number of benzene rings is 5. The van der Waals surface area contributed by atoms with Gasteiger partial charge in [-0.1, -0.05) is 166 Å². The molecule has 2 radical (unpaired) electrons. The standard InChI is InChI=1S/C26H25.C22H25.C2H6Si.2ClH.Zr/c1-16-6-17(2)9-21(8-16)22-14-24-12-20(5)13-25(24)26(15-22)23-10-18(3)7-19(4)11-23;1-15(2)18-13-17-7-6-8-20(21(17)14-18)16-9-11-19(12-10-16)22(3,4)5;1-3-2;;;/h6-15H,1-5H3;6-15H,1-5H3;1-2H3;2*1H;/q2*-1;;;;+4/p-2. The fourth-order valence-corrected chi connectivity index (χ4v) is 7.14. The Labute approximate surface area is 347 Å². The van der Waals surface area contributed by atoms with E-state index < -0.39 is 20.8 Å². The van der Waals surface area contributed by atoms with Gasteiger partial charge in [-0.05, 0) is 61.3 Å². The van der Waals surface area contributed by atoms with Crippen LogP contribution in [0.25, 0.3) is 54.9 Å². The first-order chi connectivity index (χ1) is 25.6. The topological polar surface area (TPSA) is 0 Å². The molecule has 7 aromatic carbocycles. The van der Waals surface area contributed by atoms with Crippen molar-refractivity contribution < 1.29 is 20.8 Å². The van der Waals surface area contributed by atoms with Gasteiger partial charge in [-0.25, -0.2) is 0 Å². The maximum atomic E-state index is 4.93. The monoisotopic (exact) mass is 844 g/mol. The van der Waals surface area contributed by atoms with Crippen molar-refractivity contribution in [2.75, 3.05) is 0 Å². The van der Waals surface area contributed by atoms with Crippen molar-refractivity contribution >= 4 is 48.1 Å². The van der Waals surface area contributed by atoms with E-state index in [9.17, 15) is 0 Å². The SMILES string of the molecule is CC(C)c1cc2c(-c3ccc(C(C)(C)C)cc3)cccc2[cH-]1.C[Si]C.Cc1cc(C)cc(-c2cc(-c3cc(C)cc(C)c3)c3cc(C)[cH-]c3c2)c1.[Cl][Zr+2][Cl]. The molecule has 0 unspecified atom stereocenters. The van der Waals surface area contributed by atoms with E-state index in [0.717, 1.165) is 9.52 Å². The van der Waals surface area contributed by atoms with Gasteiger partial charge in [0, 0.05) is 9.52 Å². The van der Waals surface area contributed by atoms with Crippen molar-refractivity contribution in [1.82, 2.24) is 0 Å². The van der Waals surface area contributed by atoms with E-state index in [-0.39, 0.29) is 5.41 Å². The van der Waals surface area contributed by atoms with Crippen LogP contribution in [-0.4, -0.2) is 9.52 Å². The molecule has 7 rings (SSSR count). The summed E-state index contributed by atoms with van der Waals surface area (Å²) >= 11 is -0.826. The van der Waals surface area contributed by atoms with Gasteiger partial charge in [-0.15, -0.1) is 63.0 Å². The van der Waals surface area contributed by atoms with Gasteiger partial charge in [0.1, 0.15) is 0 Å². The summed E-state index contributed by atoms with van der Waals surface area (Å²) in [5.41, 5.74) is 17.5. The summed E-state index contributed by atoms with van der Waals surface area (Å²) in [6.07, 6.45) is 0. The van der Waals surface area contributed by atoms with Crippen molar-refractivity contribution in [3.63, 3.8) is 0 Å². The van der Waals surface area contributed by atoms with Crippen LogP contribution in [0.5, 0.6) is 0 Å². The summed E-state index contributed by atoms with van der Waals surface area (Å²) in [6.45, 7) is 26.5. The molecule has 0 amide bonds. The first-order valence-electron chi connectivity index (χ1n) is 18.8. The van der Waals surface area contributed by atoms with Gasteiger partial charge in [0.15, 0.2) is 0 Å². The normalized spacial score (nSPS) is 10.9. The van der Waals surface area contributed by atoms with Gasteiger partial charge < -0.3 is 0 Å². The van der Waals surface area contributed by atoms with Gasteiger partial charge >= 0.3 is 37.9 Å². The molecule has 0 fully saturated rings. The van der Waals surface area contributed by atoms with Gasteiger partial charge in [-0.2, -0.15) is 12.1 Å². The van der Waals surface area contributed by atoms with Gasteiger partial charge in [0.05, 0.1) is 0 Å². The molecule has 54 heavy (non-hydrogen) atoms. The third-order valence-corrected chi connectivity index (χ3v) is 9.56. The van der Waals surface area contributed by atoms with Crippen LogP contribution in [0.4, 0.5) is 0 Å². The molecule has 0 N–H and O–H groups in total. The van der Waals surface area contributed by atoms with Crippen molar-refractivity contribution in [2.24, 2.45) is 0 Å². The summed E-state index contributed by atoms with van der Waals surface area (Å²) < 4.78 is 0. The number of fused-ring (bicyclic) bond motifs is 2. The predicted molar refractivity (Wildman–Crippen MR) is 241 cm³/mol. The molecular weight excluding hydrogens is 791 g/mol. The van der Waals surface area contributed by atoms with E-state index in [1.807, 2.05) is 0 Å². The first-order valence-corrected chi connectivity index (χ1v) is 27.1. The number of halogens is 2. The van der Waals surface area contributed by atoms with Crippen molar-refractivity contribution in [1.29, 1.82) is 0 Å². The average molecular weight is 847 g/mol. The Kier molecular flexibility index (Phi) is 16.0. The zero-order valence-corrected chi connectivity index (χ0v) is 39.3. The van der Waals surface area contributed by atoms with Crippen molar-refractivity contribution in [3.8, 4) is 33.4 Å². The number of hydrogen-bond donors (Lipinski definition) is 0. The first kappa shape index (κ1) is 43.7. The molecule has 0 aliphatic rings. The van der Waals surface area contributed by atoms with Crippen LogP contribution in [0, 0.1) is 34.6 Å². The zero-order valence-electron chi connectivity index (χ0n) is 34.3. The molecule has 0 aliphatic heterocycles. The fourth-order valence-electron chi connectivity index (χ4n) is 7.14. The van der Waals surface area contributed by atoms with Crippen LogP contribution >= 0.6 is 17.0 Å². The van der Waals surface area contributed by atoms with E-state index >= 15 is 0 Å². The summed E-state index contributed by atoms with van der Waals surface area (Å²) in [6, 6.07) is 43.3. The average Bonchev–Trinajstić information content (AvgIpc) is 3.71. The molecule has 0 nitrogen and oxygen atoms in total. The van der Waals surface area contributed by atoms with Gasteiger partial charge in [-0.3, -0.25) is 0 Å². The molecule has 0 heterocycles. The van der Waals surface area contributed by atoms with E-state index in [1.165, 1.54) is 93.9 Å². The molecule has 0 saturated heterocycles. The maximum absolute atomic E-state index is 4.93. The second-order valence-corrected chi connectivity index (χ2v) is 20.7. The molecule has 278 valence electrons. The van der Waals surface area contributed by atoms with E-state index in [0.29, 0.717) is 5.92 Å². The molecule has 0 spiro atoms. The minimum atomic E-state index is -0.826. The van der Waals surface area contributed by atoms with Crippen LogP contribution in [0.1, 0.15) is 79.5 Å². The summed E-state index contributed by atoms with van der Waals surface area (Å²) in [4.78, 5) is 0.